The van der Waals surface area contributed by atoms with E-state index in [0.717, 1.165) is 12.6 Å². The van der Waals surface area contributed by atoms with Crippen molar-refractivity contribution in [3.8, 4) is 0 Å². The molecule has 1 unspecified atom stereocenters. The number of alkyl halides is 3. The summed E-state index contributed by atoms with van der Waals surface area (Å²) in [5.74, 6) is 0. The second kappa shape index (κ2) is 5.69. The third-order valence-corrected chi connectivity index (χ3v) is 4.01. The Morgan fingerprint density at radius 2 is 1.86 bits per heavy atom. The van der Waals surface area contributed by atoms with Crippen LogP contribution in [-0.2, 0) is 6.18 Å². The molecule has 0 spiro atoms. The molecule has 0 amide bonds. The van der Waals surface area contributed by atoms with Gasteiger partial charge in [0, 0.05) is 36.4 Å². The summed E-state index contributed by atoms with van der Waals surface area (Å²) in [7, 11) is 0. The summed E-state index contributed by atoms with van der Waals surface area (Å²) < 4.78 is 38.7. The van der Waals surface area contributed by atoms with E-state index in [1.54, 1.807) is 6.07 Å². The van der Waals surface area contributed by atoms with Crippen molar-refractivity contribution in [3.05, 3.63) is 28.8 Å². The lowest BCUT2D eigenvalue weighted by molar-refractivity contribution is -0.137. The van der Waals surface area contributed by atoms with E-state index in [1.165, 1.54) is 6.07 Å². The van der Waals surface area contributed by atoms with Gasteiger partial charge in [-0.1, -0.05) is 32.4 Å². The largest absolute Gasteiger partial charge is 0.416 e. The Morgan fingerprint density at radius 1 is 1.19 bits per heavy atom. The number of hydrogen-bond acceptors (Lipinski definition) is 2. The molecule has 1 atom stereocenters. The van der Waals surface area contributed by atoms with Gasteiger partial charge in [-0.05, 0) is 23.6 Å². The lowest BCUT2D eigenvalue weighted by Gasteiger charge is -2.41. The minimum absolute atomic E-state index is 0.0457. The Kier molecular flexibility index (Phi) is 4.45. The maximum absolute atomic E-state index is 12.9. The molecule has 0 saturated carbocycles. The summed E-state index contributed by atoms with van der Waals surface area (Å²) in [5, 5.41) is 3.54. The molecule has 21 heavy (non-hydrogen) atoms. The van der Waals surface area contributed by atoms with E-state index in [-0.39, 0.29) is 16.5 Å². The molecule has 1 aromatic rings. The normalized spacial score (nSPS) is 20.7. The minimum Gasteiger partial charge on any atom is -0.369 e. The molecule has 1 fully saturated rings. The van der Waals surface area contributed by atoms with Gasteiger partial charge in [-0.3, -0.25) is 0 Å². The number of anilines is 1. The second-order valence-electron chi connectivity index (χ2n) is 6.51. The lowest BCUT2D eigenvalue weighted by atomic mass is 9.85. The van der Waals surface area contributed by atoms with Crippen LogP contribution in [0.25, 0.3) is 0 Å². The molecular weight excluding hydrogens is 301 g/mol. The number of halogens is 4. The summed E-state index contributed by atoms with van der Waals surface area (Å²) in [5.41, 5.74) is -0.120. The van der Waals surface area contributed by atoms with Gasteiger partial charge < -0.3 is 10.2 Å². The molecule has 2 rings (SSSR count). The fraction of sp³-hybridized carbons (Fsp3) is 0.600. The van der Waals surface area contributed by atoms with Crippen LogP contribution in [0.15, 0.2) is 18.2 Å². The Morgan fingerprint density at radius 3 is 2.43 bits per heavy atom. The molecule has 0 radical (unpaired) electrons. The molecule has 1 aromatic carbocycles. The molecule has 6 heteroatoms. The summed E-state index contributed by atoms with van der Waals surface area (Å²) in [6, 6.07) is 3.97. The number of hydrogen-bond donors (Lipinski definition) is 1. The van der Waals surface area contributed by atoms with Crippen LogP contribution in [0.1, 0.15) is 26.3 Å². The average molecular weight is 321 g/mol. The zero-order valence-electron chi connectivity index (χ0n) is 12.4. The Hall–Kier alpha value is -0.940. The van der Waals surface area contributed by atoms with Gasteiger partial charge >= 0.3 is 6.18 Å². The molecule has 1 heterocycles. The molecule has 1 N–H and O–H groups in total. The van der Waals surface area contributed by atoms with Gasteiger partial charge in [-0.15, -0.1) is 0 Å². The number of piperazine rings is 1. The highest BCUT2D eigenvalue weighted by Crippen LogP contribution is 2.35. The summed E-state index contributed by atoms with van der Waals surface area (Å²) >= 11 is 5.86. The van der Waals surface area contributed by atoms with E-state index in [9.17, 15) is 13.2 Å². The van der Waals surface area contributed by atoms with Gasteiger partial charge in [-0.25, -0.2) is 0 Å². The monoisotopic (exact) mass is 320 g/mol. The predicted octanol–water partition coefficient (Wildman–Crippen LogP) is 4.18. The van der Waals surface area contributed by atoms with Crippen molar-refractivity contribution in [2.24, 2.45) is 5.41 Å². The standard InChI is InChI=1S/C15H20ClF3N2/c1-14(2,3)13-9-21(5-4-20-13)12-7-10(15(17,18)19)6-11(16)8-12/h6-8,13,20H,4-5,9H2,1-3H3. The second-order valence-corrected chi connectivity index (χ2v) is 6.95. The number of nitrogens with one attached hydrogen (secondary N) is 1. The van der Waals surface area contributed by atoms with Crippen molar-refractivity contribution < 1.29 is 13.2 Å². The zero-order chi connectivity index (χ0) is 15.8. The number of benzene rings is 1. The van der Waals surface area contributed by atoms with Gasteiger partial charge in [0.15, 0.2) is 0 Å². The van der Waals surface area contributed by atoms with Crippen LogP contribution in [0.2, 0.25) is 5.02 Å². The summed E-state index contributed by atoms with van der Waals surface area (Å²) in [4.78, 5) is 1.97. The van der Waals surface area contributed by atoms with E-state index < -0.39 is 11.7 Å². The van der Waals surface area contributed by atoms with E-state index in [0.29, 0.717) is 18.8 Å². The quantitative estimate of drug-likeness (QED) is 0.835. The lowest BCUT2D eigenvalue weighted by Crippen LogP contribution is -2.56. The first kappa shape index (κ1) is 16.4. The van der Waals surface area contributed by atoms with Gasteiger partial charge in [0.05, 0.1) is 5.56 Å². The Labute approximate surface area is 128 Å². The first-order valence-corrected chi connectivity index (χ1v) is 7.31. The minimum atomic E-state index is -4.38. The number of nitrogens with zero attached hydrogens (tertiary/aromatic N) is 1. The van der Waals surface area contributed by atoms with Crippen molar-refractivity contribution >= 4 is 17.3 Å². The fourth-order valence-corrected chi connectivity index (χ4v) is 2.71. The van der Waals surface area contributed by atoms with Crippen molar-refractivity contribution in [2.45, 2.75) is 33.0 Å². The van der Waals surface area contributed by atoms with Crippen molar-refractivity contribution in [1.82, 2.24) is 5.32 Å². The Balaban J connectivity index is 2.27. The molecule has 2 nitrogen and oxygen atoms in total. The van der Waals surface area contributed by atoms with Gasteiger partial charge in [0.2, 0.25) is 0 Å². The third-order valence-electron chi connectivity index (χ3n) is 3.80. The first-order valence-electron chi connectivity index (χ1n) is 6.93. The predicted molar refractivity (Wildman–Crippen MR) is 79.9 cm³/mol. The SMILES string of the molecule is CC(C)(C)C1CN(c2cc(Cl)cc(C(F)(F)F)c2)CCN1. The van der Waals surface area contributed by atoms with Crippen LogP contribution in [0.5, 0.6) is 0 Å². The first-order chi connectivity index (χ1) is 9.57. The van der Waals surface area contributed by atoms with Crippen LogP contribution in [0, 0.1) is 5.41 Å². The number of rotatable bonds is 1. The molecule has 1 saturated heterocycles. The van der Waals surface area contributed by atoms with E-state index in [4.69, 9.17) is 11.6 Å². The molecule has 0 aliphatic carbocycles. The maximum atomic E-state index is 12.9. The molecule has 1 aliphatic heterocycles. The van der Waals surface area contributed by atoms with Crippen molar-refractivity contribution in [2.75, 3.05) is 24.5 Å². The van der Waals surface area contributed by atoms with Gasteiger partial charge in [0.1, 0.15) is 0 Å². The van der Waals surface area contributed by atoms with Gasteiger partial charge in [0.25, 0.3) is 0 Å². The van der Waals surface area contributed by atoms with Crippen LogP contribution >= 0.6 is 11.6 Å². The van der Waals surface area contributed by atoms with Crippen molar-refractivity contribution in [1.29, 1.82) is 0 Å². The zero-order valence-corrected chi connectivity index (χ0v) is 13.1. The summed E-state index contributed by atoms with van der Waals surface area (Å²) in [6.07, 6.45) is -4.38. The third kappa shape index (κ3) is 4.04. The highest BCUT2D eigenvalue weighted by molar-refractivity contribution is 6.30. The molecule has 1 aliphatic rings. The average Bonchev–Trinajstić information content (AvgIpc) is 2.36. The van der Waals surface area contributed by atoms with E-state index in [1.807, 2.05) is 4.90 Å². The Bertz CT molecular complexity index is 509. The van der Waals surface area contributed by atoms with Crippen LogP contribution < -0.4 is 10.2 Å². The van der Waals surface area contributed by atoms with E-state index in [2.05, 4.69) is 26.1 Å². The van der Waals surface area contributed by atoms with E-state index >= 15 is 0 Å². The van der Waals surface area contributed by atoms with Crippen LogP contribution in [0.3, 0.4) is 0 Å². The summed E-state index contributed by atoms with van der Waals surface area (Å²) in [6.45, 7) is 8.44. The maximum Gasteiger partial charge on any atom is 0.416 e. The van der Waals surface area contributed by atoms with Crippen LogP contribution in [0.4, 0.5) is 18.9 Å². The fourth-order valence-electron chi connectivity index (χ4n) is 2.48. The van der Waals surface area contributed by atoms with Gasteiger partial charge in [-0.2, -0.15) is 13.2 Å². The molecular formula is C15H20ClF3N2. The molecule has 0 bridgehead atoms. The highest BCUT2D eigenvalue weighted by Gasteiger charge is 2.33. The molecule has 118 valence electrons. The molecule has 0 aromatic heterocycles. The highest BCUT2D eigenvalue weighted by atomic mass is 35.5. The topological polar surface area (TPSA) is 15.3 Å². The van der Waals surface area contributed by atoms with Crippen molar-refractivity contribution in [3.63, 3.8) is 0 Å². The van der Waals surface area contributed by atoms with Crippen LogP contribution in [-0.4, -0.2) is 25.7 Å². The smallest absolute Gasteiger partial charge is 0.369 e.